The number of hydrogen-bond donors (Lipinski definition) is 2. The molecule has 2 N–H and O–H groups in total. The van der Waals surface area contributed by atoms with Crippen molar-refractivity contribution in [1.29, 1.82) is 0 Å². The lowest BCUT2D eigenvalue weighted by molar-refractivity contribution is 0.0931. The zero-order valence-electron chi connectivity index (χ0n) is 11.8. The first-order valence-electron chi connectivity index (χ1n) is 7.18. The smallest absolute Gasteiger partial charge is 0.291 e. The summed E-state index contributed by atoms with van der Waals surface area (Å²) in [6.45, 7) is 7.10. The molecule has 1 aliphatic heterocycles. The van der Waals surface area contributed by atoms with E-state index in [4.69, 9.17) is 0 Å². The third-order valence-electron chi connectivity index (χ3n) is 3.63. The second-order valence-electron chi connectivity index (χ2n) is 4.99. The van der Waals surface area contributed by atoms with Gasteiger partial charge < -0.3 is 5.32 Å². The number of nitrogens with zero attached hydrogens (tertiary/aromatic N) is 3. The fourth-order valence-corrected chi connectivity index (χ4v) is 2.58. The third-order valence-corrected chi connectivity index (χ3v) is 3.63. The molecule has 1 aromatic heterocycles. The number of hydrogen-bond acceptors (Lipinski definition) is 4. The number of aryl methyl sites for hydroxylation is 1. The lowest BCUT2D eigenvalue weighted by Crippen LogP contribution is -2.40. The van der Waals surface area contributed by atoms with Crippen LogP contribution in [0.25, 0.3) is 0 Å². The number of aromatic amines is 1. The molecule has 0 bridgehead atoms. The number of H-pyrrole nitrogens is 1. The van der Waals surface area contributed by atoms with E-state index in [1.165, 1.54) is 6.42 Å². The summed E-state index contributed by atoms with van der Waals surface area (Å²) in [5.74, 6) is 0.856. The van der Waals surface area contributed by atoms with Crippen molar-refractivity contribution in [3.63, 3.8) is 0 Å². The summed E-state index contributed by atoms with van der Waals surface area (Å²) in [7, 11) is 0. The van der Waals surface area contributed by atoms with Gasteiger partial charge in [-0.25, -0.2) is 4.98 Å². The van der Waals surface area contributed by atoms with Gasteiger partial charge in [0.15, 0.2) is 0 Å². The van der Waals surface area contributed by atoms with Crippen molar-refractivity contribution in [2.75, 3.05) is 19.6 Å². The average Bonchev–Trinajstić information content (AvgIpc) is 3.04. The van der Waals surface area contributed by atoms with Crippen LogP contribution in [-0.4, -0.2) is 51.7 Å². The quantitative estimate of drug-likeness (QED) is 0.804. The first kappa shape index (κ1) is 14.0. The SMILES string of the molecule is CCCc1nc(C(=O)NCC2CCCN2CC)n[nH]1. The van der Waals surface area contributed by atoms with E-state index in [-0.39, 0.29) is 11.7 Å². The van der Waals surface area contributed by atoms with Gasteiger partial charge in [-0.05, 0) is 32.4 Å². The van der Waals surface area contributed by atoms with Crippen molar-refractivity contribution in [3.05, 3.63) is 11.6 Å². The van der Waals surface area contributed by atoms with Crippen molar-refractivity contribution in [1.82, 2.24) is 25.4 Å². The molecule has 1 saturated heterocycles. The van der Waals surface area contributed by atoms with Crippen LogP contribution in [0.3, 0.4) is 0 Å². The fraction of sp³-hybridized carbons (Fsp3) is 0.769. The molecule has 0 saturated carbocycles. The summed E-state index contributed by atoms with van der Waals surface area (Å²) in [6, 6.07) is 0.461. The summed E-state index contributed by atoms with van der Waals surface area (Å²) >= 11 is 0. The Morgan fingerprint density at radius 3 is 3.11 bits per heavy atom. The van der Waals surface area contributed by atoms with Gasteiger partial charge in [0, 0.05) is 19.0 Å². The van der Waals surface area contributed by atoms with Gasteiger partial charge in [-0.3, -0.25) is 14.8 Å². The molecule has 0 aliphatic carbocycles. The van der Waals surface area contributed by atoms with Gasteiger partial charge in [0.2, 0.25) is 5.82 Å². The molecule has 0 radical (unpaired) electrons. The van der Waals surface area contributed by atoms with Crippen LogP contribution in [0.2, 0.25) is 0 Å². The summed E-state index contributed by atoms with van der Waals surface area (Å²) in [5.41, 5.74) is 0. The fourth-order valence-electron chi connectivity index (χ4n) is 2.58. The van der Waals surface area contributed by atoms with Crippen molar-refractivity contribution in [2.45, 2.75) is 45.6 Å². The van der Waals surface area contributed by atoms with Gasteiger partial charge in [0.1, 0.15) is 5.82 Å². The highest BCUT2D eigenvalue weighted by atomic mass is 16.2. The molecule has 1 aromatic rings. The maximum atomic E-state index is 11.9. The van der Waals surface area contributed by atoms with Crippen molar-refractivity contribution < 1.29 is 4.79 Å². The number of likely N-dealkylation sites (N-methyl/N-ethyl adjacent to an activating group) is 1. The van der Waals surface area contributed by atoms with Gasteiger partial charge in [0.25, 0.3) is 5.91 Å². The molecule has 1 atom stereocenters. The van der Waals surface area contributed by atoms with Gasteiger partial charge >= 0.3 is 0 Å². The molecule has 6 nitrogen and oxygen atoms in total. The Morgan fingerprint density at radius 1 is 1.53 bits per heavy atom. The van der Waals surface area contributed by atoms with E-state index >= 15 is 0 Å². The minimum atomic E-state index is -0.179. The lowest BCUT2D eigenvalue weighted by Gasteiger charge is -2.22. The van der Waals surface area contributed by atoms with Crippen LogP contribution in [0.1, 0.15) is 49.6 Å². The van der Waals surface area contributed by atoms with Gasteiger partial charge in [-0.15, -0.1) is 5.10 Å². The molecule has 1 unspecified atom stereocenters. The van der Waals surface area contributed by atoms with Crippen LogP contribution in [0.5, 0.6) is 0 Å². The van der Waals surface area contributed by atoms with Crippen LogP contribution < -0.4 is 5.32 Å². The van der Waals surface area contributed by atoms with Crippen molar-refractivity contribution >= 4 is 5.91 Å². The zero-order chi connectivity index (χ0) is 13.7. The number of rotatable bonds is 6. The standard InChI is InChI=1S/C13H23N5O/c1-3-6-11-15-12(17-16-11)13(19)14-9-10-7-5-8-18(10)4-2/h10H,3-9H2,1-2H3,(H,14,19)(H,15,16,17). The normalized spacial score (nSPS) is 19.8. The number of amides is 1. The number of nitrogens with one attached hydrogen (secondary N) is 2. The van der Waals surface area contributed by atoms with Crippen LogP contribution >= 0.6 is 0 Å². The summed E-state index contributed by atoms with van der Waals surface area (Å²) in [4.78, 5) is 18.5. The molecular weight excluding hydrogens is 242 g/mol. The highest BCUT2D eigenvalue weighted by molar-refractivity contribution is 5.90. The summed E-state index contributed by atoms with van der Waals surface area (Å²) in [6.07, 6.45) is 4.19. The minimum Gasteiger partial charge on any atom is -0.348 e. The van der Waals surface area contributed by atoms with Crippen LogP contribution in [-0.2, 0) is 6.42 Å². The highest BCUT2D eigenvalue weighted by Crippen LogP contribution is 2.15. The molecule has 2 heterocycles. The number of carbonyl (C=O) groups is 1. The highest BCUT2D eigenvalue weighted by Gasteiger charge is 2.23. The summed E-state index contributed by atoms with van der Waals surface area (Å²) in [5, 5.41) is 9.70. The first-order valence-corrected chi connectivity index (χ1v) is 7.18. The Morgan fingerprint density at radius 2 is 2.37 bits per heavy atom. The predicted molar refractivity (Wildman–Crippen MR) is 73.0 cm³/mol. The molecule has 2 rings (SSSR count). The van der Waals surface area contributed by atoms with E-state index < -0.39 is 0 Å². The van der Waals surface area contributed by atoms with E-state index in [0.29, 0.717) is 12.6 Å². The Hall–Kier alpha value is -1.43. The molecule has 1 amide bonds. The van der Waals surface area contributed by atoms with E-state index in [9.17, 15) is 4.79 Å². The maximum absolute atomic E-state index is 11.9. The molecular formula is C13H23N5O. The molecule has 0 spiro atoms. The minimum absolute atomic E-state index is 0.179. The van der Waals surface area contributed by atoms with Crippen LogP contribution in [0, 0.1) is 0 Å². The van der Waals surface area contributed by atoms with Crippen LogP contribution in [0.15, 0.2) is 0 Å². The van der Waals surface area contributed by atoms with Gasteiger partial charge in [-0.1, -0.05) is 13.8 Å². The van der Waals surface area contributed by atoms with Crippen LogP contribution in [0.4, 0.5) is 0 Å². The molecule has 19 heavy (non-hydrogen) atoms. The Labute approximate surface area is 114 Å². The number of aromatic nitrogens is 3. The second kappa shape index (κ2) is 6.65. The van der Waals surface area contributed by atoms with E-state index in [1.54, 1.807) is 0 Å². The predicted octanol–water partition coefficient (Wildman–Crippen LogP) is 0.971. The topological polar surface area (TPSA) is 73.9 Å². The van der Waals surface area contributed by atoms with E-state index in [0.717, 1.165) is 38.2 Å². The van der Waals surface area contributed by atoms with E-state index in [1.807, 2.05) is 0 Å². The molecule has 0 aromatic carbocycles. The maximum Gasteiger partial charge on any atom is 0.291 e. The van der Waals surface area contributed by atoms with Gasteiger partial charge in [0.05, 0.1) is 0 Å². The zero-order valence-corrected chi connectivity index (χ0v) is 11.8. The van der Waals surface area contributed by atoms with Crippen molar-refractivity contribution in [2.24, 2.45) is 0 Å². The molecule has 6 heteroatoms. The lowest BCUT2D eigenvalue weighted by atomic mass is 10.2. The monoisotopic (exact) mass is 265 g/mol. The first-order chi connectivity index (χ1) is 9.24. The Kier molecular flexibility index (Phi) is 4.90. The average molecular weight is 265 g/mol. The number of carbonyl (C=O) groups excluding carboxylic acids is 1. The largest absolute Gasteiger partial charge is 0.348 e. The molecule has 1 aliphatic rings. The Balaban J connectivity index is 1.83. The molecule has 106 valence electrons. The summed E-state index contributed by atoms with van der Waals surface area (Å²) < 4.78 is 0. The third kappa shape index (κ3) is 3.53. The molecule has 1 fully saturated rings. The Bertz CT molecular complexity index is 417. The van der Waals surface area contributed by atoms with E-state index in [2.05, 4.69) is 39.2 Å². The van der Waals surface area contributed by atoms with Gasteiger partial charge in [-0.2, -0.15) is 0 Å². The number of likely N-dealkylation sites (tertiary alicyclic amines) is 1. The second-order valence-corrected chi connectivity index (χ2v) is 4.99. The van der Waals surface area contributed by atoms with Crippen molar-refractivity contribution in [3.8, 4) is 0 Å².